The molecule has 0 aliphatic rings. The number of nitrogens with zero attached hydrogens (tertiary/aromatic N) is 2. The van der Waals surface area contributed by atoms with E-state index in [1.807, 2.05) is 31.2 Å². The molecule has 0 radical (unpaired) electrons. The van der Waals surface area contributed by atoms with Gasteiger partial charge in [0.15, 0.2) is 0 Å². The number of aromatic nitrogens is 2. The van der Waals surface area contributed by atoms with Gasteiger partial charge in [0.25, 0.3) is 0 Å². The van der Waals surface area contributed by atoms with Crippen LogP contribution in [0, 0.1) is 6.92 Å². The van der Waals surface area contributed by atoms with E-state index < -0.39 is 0 Å². The van der Waals surface area contributed by atoms with E-state index in [1.165, 1.54) is 10.2 Å². The SMILES string of the molecule is Cc1ccc(-c2cc(O)n(C)n2)cc1. The molecule has 3 heteroatoms. The third-order valence-corrected chi connectivity index (χ3v) is 2.20. The van der Waals surface area contributed by atoms with E-state index in [2.05, 4.69) is 5.10 Å². The predicted octanol–water partition coefficient (Wildman–Crippen LogP) is 2.10. The van der Waals surface area contributed by atoms with Crippen molar-refractivity contribution in [1.82, 2.24) is 9.78 Å². The molecule has 0 amide bonds. The smallest absolute Gasteiger partial charge is 0.209 e. The highest BCUT2D eigenvalue weighted by molar-refractivity contribution is 5.60. The number of aromatic hydroxyl groups is 1. The maximum Gasteiger partial charge on any atom is 0.209 e. The van der Waals surface area contributed by atoms with Crippen LogP contribution in [-0.2, 0) is 7.05 Å². The summed E-state index contributed by atoms with van der Waals surface area (Å²) in [6.07, 6.45) is 0. The van der Waals surface area contributed by atoms with Gasteiger partial charge in [0, 0.05) is 18.7 Å². The zero-order valence-electron chi connectivity index (χ0n) is 8.23. The zero-order valence-corrected chi connectivity index (χ0v) is 8.23. The molecule has 2 rings (SSSR count). The van der Waals surface area contributed by atoms with E-state index in [9.17, 15) is 5.11 Å². The molecule has 0 spiro atoms. The summed E-state index contributed by atoms with van der Waals surface area (Å²) < 4.78 is 1.45. The van der Waals surface area contributed by atoms with Gasteiger partial charge in [0.05, 0.1) is 5.69 Å². The second kappa shape index (κ2) is 3.18. The van der Waals surface area contributed by atoms with Gasteiger partial charge in [-0.15, -0.1) is 0 Å². The Bertz CT molecular complexity index is 423. The molecule has 0 unspecified atom stereocenters. The lowest BCUT2D eigenvalue weighted by atomic mass is 10.1. The number of aryl methyl sites for hydroxylation is 2. The monoisotopic (exact) mass is 188 g/mol. The summed E-state index contributed by atoms with van der Waals surface area (Å²) in [4.78, 5) is 0. The van der Waals surface area contributed by atoms with Gasteiger partial charge in [-0.05, 0) is 6.92 Å². The van der Waals surface area contributed by atoms with E-state index >= 15 is 0 Å². The van der Waals surface area contributed by atoms with Gasteiger partial charge < -0.3 is 5.11 Å². The molecule has 3 nitrogen and oxygen atoms in total. The topological polar surface area (TPSA) is 38.0 Å². The normalized spacial score (nSPS) is 10.4. The maximum atomic E-state index is 9.36. The van der Waals surface area contributed by atoms with Crippen molar-refractivity contribution in [3.05, 3.63) is 35.9 Å². The van der Waals surface area contributed by atoms with Crippen LogP contribution in [0.1, 0.15) is 5.56 Å². The molecular weight excluding hydrogens is 176 g/mol. The number of hydrogen-bond donors (Lipinski definition) is 1. The van der Waals surface area contributed by atoms with E-state index in [-0.39, 0.29) is 5.88 Å². The molecule has 1 heterocycles. The molecule has 0 fully saturated rings. The highest BCUT2D eigenvalue weighted by atomic mass is 16.3. The fourth-order valence-corrected chi connectivity index (χ4v) is 1.32. The molecular formula is C11H12N2O. The summed E-state index contributed by atoms with van der Waals surface area (Å²) in [7, 11) is 1.72. The van der Waals surface area contributed by atoms with Crippen molar-refractivity contribution < 1.29 is 5.11 Å². The Kier molecular flexibility index (Phi) is 2.00. The molecule has 0 aliphatic heterocycles. The number of rotatable bonds is 1. The van der Waals surface area contributed by atoms with Gasteiger partial charge in [-0.25, -0.2) is 4.68 Å². The molecule has 1 N–H and O–H groups in total. The molecule has 2 aromatic rings. The van der Waals surface area contributed by atoms with Crippen molar-refractivity contribution in [2.24, 2.45) is 7.05 Å². The summed E-state index contributed by atoms with van der Waals surface area (Å²) >= 11 is 0. The highest BCUT2D eigenvalue weighted by Crippen LogP contribution is 2.21. The lowest BCUT2D eigenvalue weighted by Gasteiger charge is -1.96. The minimum absolute atomic E-state index is 0.181. The van der Waals surface area contributed by atoms with Crippen LogP contribution < -0.4 is 0 Å². The maximum absolute atomic E-state index is 9.36. The van der Waals surface area contributed by atoms with Crippen LogP contribution in [0.2, 0.25) is 0 Å². The molecule has 1 aromatic heterocycles. The van der Waals surface area contributed by atoms with Crippen molar-refractivity contribution in [2.45, 2.75) is 6.92 Å². The van der Waals surface area contributed by atoms with Crippen LogP contribution in [-0.4, -0.2) is 14.9 Å². The molecule has 72 valence electrons. The molecule has 0 bridgehead atoms. The van der Waals surface area contributed by atoms with Crippen LogP contribution in [0.3, 0.4) is 0 Å². The van der Waals surface area contributed by atoms with E-state index in [0.29, 0.717) is 0 Å². The minimum Gasteiger partial charge on any atom is -0.493 e. The van der Waals surface area contributed by atoms with Gasteiger partial charge in [-0.1, -0.05) is 29.8 Å². The van der Waals surface area contributed by atoms with Gasteiger partial charge in [0.2, 0.25) is 5.88 Å². The fraction of sp³-hybridized carbons (Fsp3) is 0.182. The van der Waals surface area contributed by atoms with E-state index in [0.717, 1.165) is 11.3 Å². The van der Waals surface area contributed by atoms with E-state index in [1.54, 1.807) is 13.1 Å². The molecule has 0 saturated carbocycles. The second-order valence-electron chi connectivity index (χ2n) is 3.38. The molecule has 0 saturated heterocycles. The van der Waals surface area contributed by atoms with E-state index in [4.69, 9.17) is 0 Å². The van der Waals surface area contributed by atoms with Crippen LogP contribution >= 0.6 is 0 Å². The van der Waals surface area contributed by atoms with Crippen LogP contribution in [0.5, 0.6) is 5.88 Å². The first-order valence-corrected chi connectivity index (χ1v) is 4.47. The Hall–Kier alpha value is -1.77. The highest BCUT2D eigenvalue weighted by Gasteiger charge is 2.04. The third-order valence-electron chi connectivity index (χ3n) is 2.20. The summed E-state index contributed by atoms with van der Waals surface area (Å²) in [6, 6.07) is 9.71. The number of benzene rings is 1. The lowest BCUT2D eigenvalue weighted by Crippen LogP contribution is -1.89. The molecule has 14 heavy (non-hydrogen) atoms. The molecule has 0 atom stereocenters. The van der Waals surface area contributed by atoms with Crippen LogP contribution in [0.15, 0.2) is 30.3 Å². The second-order valence-corrected chi connectivity index (χ2v) is 3.38. The summed E-state index contributed by atoms with van der Waals surface area (Å²) in [5.41, 5.74) is 3.03. The first-order valence-electron chi connectivity index (χ1n) is 4.47. The molecule has 1 aromatic carbocycles. The Morgan fingerprint density at radius 1 is 1.21 bits per heavy atom. The Balaban J connectivity index is 2.44. The predicted molar refractivity (Wildman–Crippen MR) is 55.0 cm³/mol. The van der Waals surface area contributed by atoms with Gasteiger partial charge in [0.1, 0.15) is 0 Å². The average Bonchev–Trinajstić information content (AvgIpc) is 2.48. The van der Waals surface area contributed by atoms with Crippen LogP contribution in [0.25, 0.3) is 11.3 Å². The van der Waals surface area contributed by atoms with Crippen molar-refractivity contribution >= 4 is 0 Å². The Morgan fingerprint density at radius 2 is 1.86 bits per heavy atom. The third kappa shape index (κ3) is 1.48. The lowest BCUT2D eigenvalue weighted by molar-refractivity contribution is 0.419. The van der Waals surface area contributed by atoms with Gasteiger partial charge >= 0.3 is 0 Å². The minimum atomic E-state index is 0.181. The largest absolute Gasteiger partial charge is 0.493 e. The fourth-order valence-electron chi connectivity index (χ4n) is 1.32. The summed E-state index contributed by atoms with van der Waals surface area (Å²) in [5, 5.41) is 13.5. The first kappa shape index (κ1) is 8.81. The van der Waals surface area contributed by atoms with Crippen molar-refractivity contribution in [3.8, 4) is 17.1 Å². The summed E-state index contributed by atoms with van der Waals surface area (Å²) in [6.45, 7) is 2.04. The summed E-state index contributed by atoms with van der Waals surface area (Å²) in [5.74, 6) is 0.181. The van der Waals surface area contributed by atoms with Gasteiger partial charge in [-0.2, -0.15) is 5.10 Å². The van der Waals surface area contributed by atoms with Crippen LogP contribution in [0.4, 0.5) is 0 Å². The quantitative estimate of drug-likeness (QED) is 0.744. The Labute approximate surface area is 82.6 Å². The first-order chi connectivity index (χ1) is 6.66. The average molecular weight is 188 g/mol. The van der Waals surface area contributed by atoms with Gasteiger partial charge in [-0.3, -0.25) is 0 Å². The van der Waals surface area contributed by atoms with Crippen molar-refractivity contribution in [3.63, 3.8) is 0 Å². The zero-order chi connectivity index (χ0) is 10.1. The van der Waals surface area contributed by atoms with Crippen molar-refractivity contribution in [1.29, 1.82) is 0 Å². The standard InChI is InChI=1S/C11H12N2O/c1-8-3-5-9(6-4-8)10-7-11(14)13(2)12-10/h3-7,14H,1-2H3. The molecule has 0 aliphatic carbocycles. The Morgan fingerprint density at radius 3 is 2.36 bits per heavy atom. The number of hydrogen-bond acceptors (Lipinski definition) is 2. The van der Waals surface area contributed by atoms with Crippen molar-refractivity contribution in [2.75, 3.05) is 0 Å².